The number of rotatable bonds is 83. The van der Waals surface area contributed by atoms with Crippen LogP contribution >= 0.6 is 15.6 Å². The van der Waals surface area contributed by atoms with Crippen molar-refractivity contribution < 1.29 is 80.2 Å². The third-order valence-corrected chi connectivity index (χ3v) is 21.8. The lowest BCUT2D eigenvalue weighted by Crippen LogP contribution is -2.30. The topological polar surface area (TPSA) is 237 Å². The standard InChI is InChI=1S/C83H162O17P2/c1-6-10-13-16-19-22-25-27-29-31-32-33-34-35-37-39-42-48-53-58-63-68-82(87)99-78(73-94-81(86)67-62-57-52-47-41-38-36-30-28-26-23-20-17-14-11-7-2)74-97-101(89,90)95-70-77(84)71-96-102(91,92)98-75-79(72-93-80(85)66-61-56-51-46-40-24-21-18-15-12-8-3)100-83(88)69-64-59-54-49-44-43-45-50-55-60-65-76(5)9-4/h76-79,84H,6-75H2,1-5H3,(H,89,90)(H,91,92)/t76?,77-,78-,79-/m1/s1. The van der Waals surface area contributed by atoms with Crippen LogP contribution in [0.2, 0.25) is 0 Å². The molecule has 0 aliphatic rings. The summed E-state index contributed by atoms with van der Waals surface area (Å²) in [6.07, 6.45) is 67.9. The Bertz CT molecular complexity index is 1950. The fourth-order valence-electron chi connectivity index (χ4n) is 12.9. The van der Waals surface area contributed by atoms with Crippen LogP contribution in [-0.2, 0) is 65.4 Å². The molecule has 0 aromatic carbocycles. The number of aliphatic hydroxyl groups excluding tert-OH is 1. The molecule has 0 fully saturated rings. The van der Waals surface area contributed by atoms with Crippen molar-refractivity contribution in [1.82, 2.24) is 0 Å². The highest BCUT2D eigenvalue weighted by atomic mass is 31.2. The van der Waals surface area contributed by atoms with Gasteiger partial charge in [0, 0.05) is 25.7 Å². The van der Waals surface area contributed by atoms with Crippen molar-refractivity contribution in [2.45, 2.75) is 464 Å². The molecule has 19 heteroatoms. The second-order valence-corrected chi connectivity index (χ2v) is 33.0. The Morgan fingerprint density at radius 3 is 0.696 bits per heavy atom. The minimum atomic E-state index is -4.96. The fourth-order valence-corrected chi connectivity index (χ4v) is 14.5. The second-order valence-electron chi connectivity index (χ2n) is 30.1. The van der Waals surface area contributed by atoms with E-state index in [1.807, 2.05) is 0 Å². The van der Waals surface area contributed by atoms with E-state index in [0.717, 1.165) is 95.8 Å². The number of phosphoric acid groups is 2. The molecule has 0 saturated carbocycles. The van der Waals surface area contributed by atoms with Gasteiger partial charge in [-0.1, -0.05) is 394 Å². The summed E-state index contributed by atoms with van der Waals surface area (Å²) in [4.78, 5) is 73.1. The van der Waals surface area contributed by atoms with Crippen LogP contribution in [0.3, 0.4) is 0 Å². The first kappa shape index (κ1) is 100. The van der Waals surface area contributed by atoms with Crippen LogP contribution < -0.4 is 0 Å². The lowest BCUT2D eigenvalue weighted by Gasteiger charge is -2.21. The molecule has 6 atom stereocenters. The number of carbonyl (C=O) groups excluding carboxylic acids is 4. The smallest absolute Gasteiger partial charge is 0.462 e. The van der Waals surface area contributed by atoms with E-state index >= 15 is 0 Å². The first-order valence-corrected chi connectivity index (χ1v) is 46.2. The Labute approximate surface area is 626 Å². The molecule has 0 amide bonds. The Morgan fingerprint density at radius 2 is 0.471 bits per heavy atom. The van der Waals surface area contributed by atoms with Gasteiger partial charge in [-0.25, -0.2) is 9.13 Å². The van der Waals surface area contributed by atoms with Crippen molar-refractivity contribution in [3.05, 3.63) is 0 Å². The predicted octanol–water partition coefficient (Wildman–Crippen LogP) is 25.2. The number of ether oxygens (including phenoxy) is 4. The number of hydrogen-bond acceptors (Lipinski definition) is 15. The van der Waals surface area contributed by atoms with E-state index in [4.69, 9.17) is 37.0 Å². The molecule has 17 nitrogen and oxygen atoms in total. The van der Waals surface area contributed by atoms with Crippen LogP contribution in [0.25, 0.3) is 0 Å². The summed E-state index contributed by atoms with van der Waals surface area (Å²) in [6.45, 7) is 7.37. The van der Waals surface area contributed by atoms with Gasteiger partial charge in [0.1, 0.15) is 19.3 Å². The fraction of sp³-hybridized carbons (Fsp3) is 0.952. The van der Waals surface area contributed by atoms with E-state index in [9.17, 15) is 43.2 Å². The molecule has 0 aliphatic carbocycles. The van der Waals surface area contributed by atoms with E-state index in [0.29, 0.717) is 25.7 Å². The summed E-state index contributed by atoms with van der Waals surface area (Å²) in [5, 5.41) is 10.7. The van der Waals surface area contributed by atoms with Gasteiger partial charge in [-0.05, 0) is 31.6 Å². The van der Waals surface area contributed by atoms with E-state index in [-0.39, 0.29) is 25.7 Å². The molecule has 0 spiro atoms. The molecule has 0 aromatic rings. The zero-order valence-electron chi connectivity index (χ0n) is 66.8. The van der Waals surface area contributed by atoms with Gasteiger partial charge in [-0.15, -0.1) is 0 Å². The normalized spacial score (nSPS) is 14.1. The molecule has 102 heavy (non-hydrogen) atoms. The molecule has 0 aromatic heterocycles. The minimum absolute atomic E-state index is 0.107. The lowest BCUT2D eigenvalue weighted by atomic mass is 9.99. The maximum Gasteiger partial charge on any atom is 0.472 e. The molecule has 0 rings (SSSR count). The van der Waals surface area contributed by atoms with Gasteiger partial charge in [0.2, 0.25) is 0 Å². The SMILES string of the molecule is CCCCCCCCCCCCCCCCCCCCCCCC(=O)O[C@H](COC(=O)CCCCCCCCCCCCCCCCCC)COP(=O)(O)OC[C@@H](O)COP(=O)(O)OC[C@@H](COC(=O)CCCCCCCCCCCCC)OC(=O)CCCCCCCCCCCCC(C)CC. The quantitative estimate of drug-likeness (QED) is 0.0222. The average Bonchev–Trinajstić information content (AvgIpc) is 0.932. The van der Waals surface area contributed by atoms with E-state index in [1.54, 1.807) is 0 Å². The van der Waals surface area contributed by atoms with Gasteiger partial charge >= 0.3 is 39.5 Å². The average molecular weight is 1490 g/mol. The van der Waals surface area contributed by atoms with E-state index < -0.39 is 97.5 Å². The van der Waals surface area contributed by atoms with Crippen molar-refractivity contribution in [3.63, 3.8) is 0 Å². The molecular weight excluding hydrogens is 1330 g/mol. The highest BCUT2D eigenvalue weighted by Gasteiger charge is 2.30. The first-order chi connectivity index (χ1) is 49.6. The van der Waals surface area contributed by atoms with Crippen LogP contribution in [0, 0.1) is 5.92 Å². The molecular formula is C83H162O17P2. The van der Waals surface area contributed by atoms with E-state index in [1.165, 1.54) is 270 Å². The lowest BCUT2D eigenvalue weighted by molar-refractivity contribution is -0.161. The predicted molar refractivity (Wildman–Crippen MR) is 418 cm³/mol. The van der Waals surface area contributed by atoms with Gasteiger partial charge in [-0.3, -0.25) is 37.3 Å². The second kappa shape index (κ2) is 75.9. The van der Waals surface area contributed by atoms with Crippen LogP contribution in [0.1, 0.15) is 446 Å². The summed E-state index contributed by atoms with van der Waals surface area (Å²) in [7, 11) is -9.92. The summed E-state index contributed by atoms with van der Waals surface area (Å²) in [6, 6.07) is 0. The third kappa shape index (κ3) is 74.9. The minimum Gasteiger partial charge on any atom is -0.462 e. The summed E-state index contributed by atoms with van der Waals surface area (Å²) in [5.74, 6) is -1.30. The Kier molecular flexibility index (Phi) is 74.4. The van der Waals surface area contributed by atoms with E-state index in [2.05, 4.69) is 34.6 Å². The third-order valence-electron chi connectivity index (χ3n) is 19.9. The summed E-state index contributed by atoms with van der Waals surface area (Å²) >= 11 is 0. The zero-order valence-corrected chi connectivity index (χ0v) is 68.5. The van der Waals surface area contributed by atoms with Crippen LogP contribution in [0.15, 0.2) is 0 Å². The van der Waals surface area contributed by atoms with Gasteiger partial charge in [0.25, 0.3) is 0 Å². The Morgan fingerprint density at radius 1 is 0.275 bits per heavy atom. The largest absolute Gasteiger partial charge is 0.472 e. The number of aliphatic hydroxyl groups is 1. The molecule has 0 heterocycles. The maximum atomic E-state index is 13.1. The van der Waals surface area contributed by atoms with Crippen LogP contribution in [0.4, 0.5) is 0 Å². The molecule has 3 unspecified atom stereocenters. The molecule has 3 N–H and O–H groups in total. The maximum absolute atomic E-state index is 13.1. The van der Waals surface area contributed by atoms with Crippen molar-refractivity contribution in [2.24, 2.45) is 5.92 Å². The van der Waals surface area contributed by atoms with Crippen LogP contribution in [0.5, 0.6) is 0 Å². The van der Waals surface area contributed by atoms with Crippen molar-refractivity contribution in [2.75, 3.05) is 39.6 Å². The summed E-state index contributed by atoms with van der Waals surface area (Å²) in [5.41, 5.74) is 0. The van der Waals surface area contributed by atoms with Crippen LogP contribution in [-0.4, -0.2) is 96.7 Å². The number of carbonyl (C=O) groups is 4. The van der Waals surface area contributed by atoms with Crippen molar-refractivity contribution >= 4 is 39.5 Å². The van der Waals surface area contributed by atoms with Crippen molar-refractivity contribution in [1.29, 1.82) is 0 Å². The molecule has 0 bridgehead atoms. The first-order valence-electron chi connectivity index (χ1n) is 43.2. The number of phosphoric ester groups is 2. The Hall–Kier alpha value is -1.94. The molecule has 0 radical (unpaired) electrons. The zero-order chi connectivity index (χ0) is 74.8. The van der Waals surface area contributed by atoms with Gasteiger partial charge in [0.15, 0.2) is 12.2 Å². The highest BCUT2D eigenvalue weighted by Crippen LogP contribution is 2.45. The monoisotopic (exact) mass is 1490 g/mol. The van der Waals surface area contributed by atoms with Gasteiger partial charge < -0.3 is 33.8 Å². The number of hydrogen-bond donors (Lipinski definition) is 3. The van der Waals surface area contributed by atoms with Gasteiger partial charge in [-0.2, -0.15) is 0 Å². The Balaban J connectivity index is 5.23. The molecule has 0 saturated heterocycles. The molecule has 606 valence electrons. The van der Waals surface area contributed by atoms with Crippen molar-refractivity contribution in [3.8, 4) is 0 Å². The number of esters is 4. The molecule has 0 aliphatic heterocycles. The number of unbranched alkanes of at least 4 members (excludes halogenated alkanes) is 54. The summed E-state index contributed by atoms with van der Waals surface area (Å²) < 4.78 is 68.8. The highest BCUT2D eigenvalue weighted by molar-refractivity contribution is 7.47. The van der Waals surface area contributed by atoms with Gasteiger partial charge in [0.05, 0.1) is 26.4 Å².